The quantitative estimate of drug-likeness (QED) is 0.811. The number of halogens is 1. The van der Waals surface area contributed by atoms with Crippen LogP contribution >= 0.6 is 27.3 Å². The van der Waals surface area contributed by atoms with Gasteiger partial charge in [0, 0.05) is 4.47 Å². The summed E-state index contributed by atoms with van der Waals surface area (Å²) >= 11 is 5.19. The van der Waals surface area contributed by atoms with Crippen molar-refractivity contribution >= 4 is 27.3 Å². The highest BCUT2D eigenvalue weighted by atomic mass is 79.9. The monoisotopic (exact) mass is 282 g/mol. The van der Waals surface area contributed by atoms with Gasteiger partial charge >= 0.3 is 0 Å². The molecule has 0 atom stereocenters. The Kier molecular flexibility index (Phi) is 3.44. The number of ether oxygens (including phenoxy) is 1. The zero-order chi connectivity index (χ0) is 10.7. The number of aryl methyl sites for hydroxylation is 1. The van der Waals surface area contributed by atoms with Crippen LogP contribution in [-0.2, 0) is 6.61 Å². The van der Waals surface area contributed by atoms with E-state index >= 15 is 0 Å². The first kappa shape index (κ1) is 10.7. The van der Waals surface area contributed by atoms with Crippen molar-refractivity contribution < 1.29 is 4.74 Å². The average Bonchev–Trinajstić information content (AvgIpc) is 2.61. The van der Waals surface area contributed by atoms with Crippen molar-refractivity contribution in [2.75, 3.05) is 0 Å². The fraction of sp³-hybridized carbons (Fsp3) is 0.167. The van der Waals surface area contributed by atoms with Gasteiger partial charge in [0.2, 0.25) is 0 Å². The third-order valence-corrected chi connectivity index (χ3v) is 3.95. The van der Waals surface area contributed by atoms with Gasteiger partial charge in [-0.15, -0.1) is 11.3 Å². The van der Waals surface area contributed by atoms with Gasteiger partial charge < -0.3 is 4.74 Å². The van der Waals surface area contributed by atoms with Crippen LogP contribution in [-0.4, -0.2) is 0 Å². The lowest BCUT2D eigenvalue weighted by molar-refractivity contribution is 0.309. The van der Waals surface area contributed by atoms with Gasteiger partial charge in [-0.05, 0) is 52.0 Å². The summed E-state index contributed by atoms with van der Waals surface area (Å²) in [4.78, 5) is 1.22. The molecular formula is C12H11BrOS. The maximum atomic E-state index is 5.69. The van der Waals surface area contributed by atoms with Crippen LogP contribution in [0.25, 0.3) is 0 Å². The molecule has 0 radical (unpaired) electrons. The van der Waals surface area contributed by atoms with Crippen LogP contribution in [0, 0.1) is 6.92 Å². The van der Waals surface area contributed by atoms with Crippen LogP contribution < -0.4 is 4.74 Å². The molecule has 1 heterocycles. The molecule has 0 amide bonds. The van der Waals surface area contributed by atoms with Gasteiger partial charge in [-0.1, -0.05) is 12.1 Å². The third-order valence-electron chi connectivity index (χ3n) is 2.05. The Balaban J connectivity index is 2.02. The fourth-order valence-corrected chi connectivity index (χ4v) is 2.66. The highest BCUT2D eigenvalue weighted by Crippen LogP contribution is 2.24. The van der Waals surface area contributed by atoms with Gasteiger partial charge in [-0.3, -0.25) is 0 Å². The van der Waals surface area contributed by atoms with Crippen molar-refractivity contribution in [2.24, 2.45) is 0 Å². The second-order valence-electron chi connectivity index (χ2n) is 3.30. The highest BCUT2D eigenvalue weighted by Gasteiger charge is 2.02. The number of benzene rings is 1. The Morgan fingerprint density at radius 1 is 1.33 bits per heavy atom. The van der Waals surface area contributed by atoms with Crippen molar-refractivity contribution in [3.63, 3.8) is 0 Å². The van der Waals surface area contributed by atoms with E-state index in [1.165, 1.54) is 10.4 Å². The summed E-state index contributed by atoms with van der Waals surface area (Å²) in [6.45, 7) is 2.69. The molecular weight excluding hydrogens is 272 g/mol. The van der Waals surface area contributed by atoms with Gasteiger partial charge in [0.1, 0.15) is 12.4 Å². The minimum atomic E-state index is 0.627. The fourth-order valence-electron chi connectivity index (χ4n) is 1.28. The number of hydrogen-bond donors (Lipinski definition) is 0. The minimum Gasteiger partial charge on any atom is -0.488 e. The molecule has 15 heavy (non-hydrogen) atoms. The van der Waals surface area contributed by atoms with E-state index in [-0.39, 0.29) is 0 Å². The second kappa shape index (κ2) is 4.81. The predicted octanol–water partition coefficient (Wildman–Crippen LogP) is 4.40. The maximum Gasteiger partial charge on any atom is 0.124 e. The topological polar surface area (TPSA) is 9.23 Å². The summed E-state index contributed by atoms with van der Waals surface area (Å²) in [6.07, 6.45) is 0. The van der Waals surface area contributed by atoms with E-state index < -0.39 is 0 Å². The molecule has 0 aliphatic rings. The van der Waals surface area contributed by atoms with Gasteiger partial charge in [0.25, 0.3) is 0 Å². The Morgan fingerprint density at radius 2 is 2.20 bits per heavy atom. The molecule has 2 rings (SSSR count). The molecule has 0 bridgehead atoms. The summed E-state index contributed by atoms with van der Waals surface area (Å²) in [5.41, 5.74) is 1.22. The number of thiophene rings is 1. The van der Waals surface area contributed by atoms with E-state index in [4.69, 9.17) is 4.74 Å². The highest BCUT2D eigenvalue weighted by molar-refractivity contribution is 9.10. The maximum absolute atomic E-state index is 5.69. The molecule has 78 valence electrons. The Labute approximate surface area is 102 Å². The summed E-state index contributed by atoms with van der Waals surface area (Å²) in [5.74, 6) is 0.926. The van der Waals surface area contributed by atoms with Gasteiger partial charge in [0.15, 0.2) is 0 Å². The van der Waals surface area contributed by atoms with Crippen LogP contribution in [0.2, 0.25) is 0 Å². The molecule has 1 nitrogen and oxygen atoms in total. The SMILES string of the molecule is Cc1cccc(OCc2sccc2Br)c1. The van der Waals surface area contributed by atoms with Crippen molar-refractivity contribution in [3.05, 3.63) is 50.6 Å². The molecule has 0 spiro atoms. The number of hydrogen-bond acceptors (Lipinski definition) is 2. The first-order valence-corrected chi connectivity index (χ1v) is 6.34. The molecule has 0 saturated heterocycles. The lowest BCUT2D eigenvalue weighted by Crippen LogP contribution is -1.93. The lowest BCUT2D eigenvalue weighted by Gasteiger charge is -2.05. The van der Waals surface area contributed by atoms with E-state index in [0.717, 1.165) is 10.2 Å². The van der Waals surface area contributed by atoms with Crippen LogP contribution in [0.3, 0.4) is 0 Å². The normalized spacial score (nSPS) is 10.3. The van der Waals surface area contributed by atoms with Crippen molar-refractivity contribution in [1.82, 2.24) is 0 Å². The third kappa shape index (κ3) is 2.83. The van der Waals surface area contributed by atoms with Crippen molar-refractivity contribution in [2.45, 2.75) is 13.5 Å². The molecule has 0 fully saturated rings. The molecule has 0 saturated carbocycles. The molecule has 0 unspecified atom stereocenters. The molecule has 0 N–H and O–H groups in total. The molecule has 2 aromatic rings. The lowest BCUT2D eigenvalue weighted by atomic mass is 10.2. The molecule has 1 aromatic heterocycles. The van der Waals surface area contributed by atoms with Gasteiger partial charge in [-0.2, -0.15) is 0 Å². The molecule has 0 aliphatic heterocycles. The zero-order valence-corrected chi connectivity index (χ0v) is 10.8. The zero-order valence-electron chi connectivity index (χ0n) is 8.37. The summed E-state index contributed by atoms with van der Waals surface area (Å²) in [6, 6.07) is 10.1. The average molecular weight is 283 g/mol. The predicted molar refractivity (Wildman–Crippen MR) is 67.5 cm³/mol. The Morgan fingerprint density at radius 3 is 2.87 bits per heavy atom. The van der Waals surface area contributed by atoms with E-state index in [0.29, 0.717) is 6.61 Å². The molecule has 3 heteroatoms. The Hall–Kier alpha value is -0.800. The summed E-state index contributed by atoms with van der Waals surface area (Å²) < 4.78 is 6.82. The van der Waals surface area contributed by atoms with Gasteiger partial charge in [-0.25, -0.2) is 0 Å². The van der Waals surface area contributed by atoms with Gasteiger partial charge in [0.05, 0.1) is 4.88 Å². The van der Waals surface area contributed by atoms with Crippen LogP contribution in [0.5, 0.6) is 5.75 Å². The van der Waals surface area contributed by atoms with Crippen LogP contribution in [0.1, 0.15) is 10.4 Å². The first-order chi connectivity index (χ1) is 7.25. The summed E-state index contributed by atoms with van der Waals surface area (Å²) in [7, 11) is 0. The van der Waals surface area contributed by atoms with Crippen molar-refractivity contribution in [3.8, 4) is 5.75 Å². The smallest absolute Gasteiger partial charge is 0.124 e. The second-order valence-corrected chi connectivity index (χ2v) is 5.15. The largest absolute Gasteiger partial charge is 0.488 e. The van der Waals surface area contributed by atoms with Crippen LogP contribution in [0.15, 0.2) is 40.2 Å². The molecule has 0 aliphatic carbocycles. The Bertz CT molecular complexity index is 450. The minimum absolute atomic E-state index is 0.627. The van der Waals surface area contributed by atoms with E-state index in [2.05, 4.69) is 34.3 Å². The van der Waals surface area contributed by atoms with Crippen LogP contribution in [0.4, 0.5) is 0 Å². The number of rotatable bonds is 3. The molecule has 1 aromatic carbocycles. The van der Waals surface area contributed by atoms with Crippen molar-refractivity contribution in [1.29, 1.82) is 0 Å². The summed E-state index contributed by atoms with van der Waals surface area (Å²) in [5, 5.41) is 2.05. The van der Waals surface area contributed by atoms with E-state index in [9.17, 15) is 0 Å². The van der Waals surface area contributed by atoms with E-state index in [1.54, 1.807) is 11.3 Å². The standard InChI is InChI=1S/C12H11BrOS/c1-9-3-2-4-10(7-9)14-8-12-11(13)5-6-15-12/h2-7H,8H2,1H3. The first-order valence-electron chi connectivity index (χ1n) is 4.67. The van der Waals surface area contributed by atoms with E-state index in [1.807, 2.05) is 24.3 Å².